The molecule has 1 aliphatic rings. The lowest BCUT2D eigenvalue weighted by Crippen LogP contribution is -2.38. The minimum Gasteiger partial charge on any atom is -0.485 e. The fraction of sp³-hybridized carbons (Fsp3) is 0.296. The molecule has 0 bridgehead atoms. The zero-order chi connectivity index (χ0) is 25.8. The molecule has 8 nitrogen and oxygen atoms in total. The summed E-state index contributed by atoms with van der Waals surface area (Å²) in [6.07, 6.45) is 0.786. The number of aryl methyl sites for hydroxylation is 1. The maximum Gasteiger partial charge on any atom is 0.287 e. The Morgan fingerprint density at radius 1 is 1.17 bits per heavy atom. The molecule has 9 heteroatoms. The smallest absolute Gasteiger partial charge is 0.287 e. The molecule has 0 spiro atoms. The number of Topliss-reactive ketones (excluding diaryl/α,β-unsaturated/α-hetero) is 1. The van der Waals surface area contributed by atoms with Crippen LogP contribution in [0.2, 0.25) is 0 Å². The first kappa shape index (κ1) is 25.0. The van der Waals surface area contributed by atoms with Gasteiger partial charge in [0, 0.05) is 11.6 Å². The number of carbonyl (C=O) groups excluding carboxylic acids is 3. The van der Waals surface area contributed by atoms with Crippen LogP contribution in [0, 0.1) is 12.7 Å². The molecule has 1 N–H and O–H groups in total. The molecule has 0 fully saturated rings. The molecule has 0 saturated heterocycles. The van der Waals surface area contributed by atoms with E-state index in [-0.39, 0.29) is 55.0 Å². The summed E-state index contributed by atoms with van der Waals surface area (Å²) in [4.78, 5) is 39.3. The normalized spacial score (nSPS) is 13.6. The summed E-state index contributed by atoms with van der Waals surface area (Å²) in [5.74, 6) is 0.0881. The zero-order valence-electron chi connectivity index (χ0n) is 20.3. The molecule has 2 amide bonds. The van der Waals surface area contributed by atoms with E-state index in [1.165, 1.54) is 23.1 Å². The topological polar surface area (TPSA) is 98.1 Å². The Labute approximate surface area is 208 Å². The van der Waals surface area contributed by atoms with Crippen molar-refractivity contribution in [3.05, 3.63) is 77.0 Å². The number of rotatable bonds is 9. The number of nitrogens with one attached hydrogen (secondary N) is 1. The highest BCUT2D eigenvalue weighted by Gasteiger charge is 2.28. The van der Waals surface area contributed by atoms with Crippen LogP contribution in [-0.2, 0) is 11.3 Å². The molecular formula is C27H27FN2O6. The lowest BCUT2D eigenvalue weighted by molar-refractivity contribution is -0.121. The molecular weight excluding hydrogens is 467 g/mol. The summed E-state index contributed by atoms with van der Waals surface area (Å²) in [5, 5.41) is 2.84. The Bertz CT molecular complexity index is 1300. The highest BCUT2D eigenvalue weighted by Crippen LogP contribution is 2.34. The number of nitrogens with zero attached hydrogens (tertiary/aromatic N) is 1. The van der Waals surface area contributed by atoms with Gasteiger partial charge in [-0.15, -0.1) is 0 Å². The van der Waals surface area contributed by atoms with Gasteiger partial charge in [-0.1, -0.05) is 6.92 Å². The summed E-state index contributed by atoms with van der Waals surface area (Å²) in [5.41, 5.74) is 1.32. The van der Waals surface area contributed by atoms with Crippen molar-refractivity contribution in [2.45, 2.75) is 39.8 Å². The highest BCUT2D eigenvalue weighted by atomic mass is 19.1. The Morgan fingerprint density at radius 3 is 2.72 bits per heavy atom. The first-order valence-electron chi connectivity index (χ1n) is 11.6. The first-order valence-corrected chi connectivity index (χ1v) is 11.6. The number of amides is 2. The summed E-state index contributed by atoms with van der Waals surface area (Å²) in [6.45, 7) is 5.21. The monoisotopic (exact) mass is 494 g/mol. The van der Waals surface area contributed by atoms with E-state index < -0.39 is 0 Å². The quantitative estimate of drug-likeness (QED) is 0.442. The van der Waals surface area contributed by atoms with E-state index >= 15 is 0 Å². The van der Waals surface area contributed by atoms with Gasteiger partial charge in [-0.05, 0) is 74.4 Å². The average molecular weight is 495 g/mol. The Morgan fingerprint density at radius 2 is 1.97 bits per heavy atom. The van der Waals surface area contributed by atoms with E-state index in [4.69, 9.17) is 13.9 Å². The van der Waals surface area contributed by atoms with Crippen LogP contribution in [-0.4, -0.2) is 36.9 Å². The van der Waals surface area contributed by atoms with Gasteiger partial charge in [0.05, 0.1) is 12.2 Å². The van der Waals surface area contributed by atoms with Crippen LogP contribution in [0.3, 0.4) is 0 Å². The van der Waals surface area contributed by atoms with Gasteiger partial charge in [-0.3, -0.25) is 19.3 Å². The van der Waals surface area contributed by atoms with Crippen LogP contribution in [0.5, 0.6) is 11.5 Å². The number of hydrogen-bond acceptors (Lipinski definition) is 6. The van der Waals surface area contributed by atoms with Gasteiger partial charge < -0.3 is 19.2 Å². The third-order valence-electron chi connectivity index (χ3n) is 5.91. The second-order valence-corrected chi connectivity index (χ2v) is 8.62. The number of hydrogen-bond donors (Lipinski definition) is 1. The first-order chi connectivity index (χ1) is 17.2. The van der Waals surface area contributed by atoms with Crippen molar-refractivity contribution in [1.29, 1.82) is 0 Å². The van der Waals surface area contributed by atoms with Gasteiger partial charge in [0.25, 0.3) is 11.8 Å². The summed E-state index contributed by atoms with van der Waals surface area (Å²) >= 11 is 0. The molecule has 2 heterocycles. The highest BCUT2D eigenvalue weighted by molar-refractivity contribution is 6.02. The van der Waals surface area contributed by atoms with Crippen LogP contribution < -0.4 is 19.7 Å². The molecule has 3 aromatic rings. The van der Waals surface area contributed by atoms with Crippen molar-refractivity contribution in [1.82, 2.24) is 5.32 Å². The SMILES string of the molecule is CC[C@@H](C)NC(=O)c1ccc(CN2C(=O)COc3ccc(C(=O)COc4ccc(F)cc4C)cc32)o1. The van der Waals surface area contributed by atoms with Gasteiger partial charge in [0.1, 0.15) is 23.1 Å². The number of fused-ring (bicyclic) bond motifs is 1. The summed E-state index contributed by atoms with van der Waals surface area (Å²) < 4.78 is 30.1. The van der Waals surface area contributed by atoms with E-state index in [1.807, 2.05) is 13.8 Å². The van der Waals surface area contributed by atoms with Crippen molar-refractivity contribution >= 4 is 23.3 Å². The van der Waals surface area contributed by atoms with Gasteiger partial charge >= 0.3 is 0 Å². The molecule has 2 aromatic carbocycles. The molecule has 0 saturated carbocycles. The minimum atomic E-state index is -0.384. The van der Waals surface area contributed by atoms with Crippen LogP contribution in [0.15, 0.2) is 52.9 Å². The van der Waals surface area contributed by atoms with Crippen molar-refractivity contribution in [3.63, 3.8) is 0 Å². The average Bonchev–Trinajstić information content (AvgIpc) is 3.33. The molecule has 0 unspecified atom stereocenters. The van der Waals surface area contributed by atoms with E-state index in [0.717, 1.165) is 6.42 Å². The fourth-order valence-electron chi connectivity index (χ4n) is 3.69. The number of ketones is 1. The third kappa shape index (κ3) is 5.56. The summed E-state index contributed by atoms with van der Waals surface area (Å²) in [7, 11) is 0. The lowest BCUT2D eigenvalue weighted by atomic mass is 10.1. The minimum absolute atomic E-state index is 0.00524. The Balaban J connectivity index is 1.49. The number of benzene rings is 2. The molecule has 4 rings (SSSR count). The maximum absolute atomic E-state index is 13.3. The van der Waals surface area contributed by atoms with E-state index in [9.17, 15) is 18.8 Å². The molecule has 1 aromatic heterocycles. The van der Waals surface area contributed by atoms with Crippen LogP contribution in [0.25, 0.3) is 0 Å². The van der Waals surface area contributed by atoms with Gasteiger partial charge in [-0.25, -0.2) is 4.39 Å². The second-order valence-electron chi connectivity index (χ2n) is 8.62. The maximum atomic E-state index is 13.3. The predicted octanol–water partition coefficient (Wildman–Crippen LogP) is 4.44. The van der Waals surface area contributed by atoms with Crippen molar-refractivity contribution < 1.29 is 32.7 Å². The predicted molar refractivity (Wildman–Crippen MR) is 130 cm³/mol. The van der Waals surface area contributed by atoms with Crippen molar-refractivity contribution in [3.8, 4) is 11.5 Å². The summed E-state index contributed by atoms with van der Waals surface area (Å²) in [6, 6.07) is 12.1. The van der Waals surface area contributed by atoms with E-state index in [1.54, 1.807) is 37.3 Å². The number of ether oxygens (including phenoxy) is 2. The third-order valence-corrected chi connectivity index (χ3v) is 5.91. The number of furan rings is 1. The number of halogens is 1. The molecule has 36 heavy (non-hydrogen) atoms. The van der Waals surface area contributed by atoms with Crippen molar-refractivity contribution in [2.75, 3.05) is 18.1 Å². The number of anilines is 1. The van der Waals surface area contributed by atoms with Crippen molar-refractivity contribution in [2.24, 2.45) is 0 Å². The van der Waals surface area contributed by atoms with Gasteiger partial charge in [0.2, 0.25) is 0 Å². The standard InChI is InChI=1S/C27H27FN2O6/c1-4-17(3)29-27(33)25-10-7-20(36-25)13-30-21-12-18(5-8-24(21)35-15-26(30)32)22(31)14-34-23-9-6-19(28)11-16(23)2/h5-12,17H,4,13-15H2,1-3H3,(H,29,33)/t17-/m1/s1. The molecule has 0 aliphatic carbocycles. The van der Waals surface area contributed by atoms with Crippen LogP contribution >= 0.6 is 0 Å². The number of carbonyl (C=O) groups is 3. The molecule has 1 aliphatic heterocycles. The molecule has 0 radical (unpaired) electrons. The zero-order valence-corrected chi connectivity index (χ0v) is 20.3. The van der Waals surface area contributed by atoms with E-state index in [2.05, 4.69) is 5.32 Å². The molecule has 1 atom stereocenters. The van der Waals surface area contributed by atoms with E-state index in [0.29, 0.717) is 34.1 Å². The Kier molecular flexibility index (Phi) is 7.38. The van der Waals surface area contributed by atoms with Gasteiger partial charge in [-0.2, -0.15) is 0 Å². The van der Waals surface area contributed by atoms with Gasteiger partial charge in [0.15, 0.2) is 24.8 Å². The largest absolute Gasteiger partial charge is 0.485 e. The Hall–Kier alpha value is -4.14. The lowest BCUT2D eigenvalue weighted by Gasteiger charge is -2.29. The van der Waals surface area contributed by atoms with Crippen LogP contribution in [0.4, 0.5) is 10.1 Å². The van der Waals surface area contributed by atoms with Crippen LogP contribution in [0.1, 0.15) is 52.5 Å². The fourth-order valence-corrected chi connectivity index (χ4v) is 3.69. The second kappa shape index (κ2) is 10.6. The molecule has 188 valence electrons.